The summed E-state index contributed by atoms with van der Waals surface area (Å²) in [7, 11) is 2.06. The molecule has 0 spiro atoms. The van der Waals surface area contributed by atoms with Crippen molar-refractivity contribution in [3.8, 4) is 0 Å². The third-order valence-electron chi connectivity index (χ3n) is 3.60. The SMILES string of the molecule is CN1CCN(Cc2cccc(C(F)(F)C(N)=O)c2)CC1. The van der Waals surface area contributed by atoms with Gasteiger partial charge in [0.2, 0.25) is 0 Å². The maximum Gasteiger partial charge on any atom is 0.349 e. The molecule has 0 atom stereocenters. The first kappa shape index (κ1) is 14.9. The maximum absolute atomic E-state index is 13.6. The van der Waals surface area contributed by atoms with Crippen LogP contribution in [-0.2, 0) is 17.3 Å². The predicted octanol–water partition coefficient (Wildman–Crippen LogP) is 1.01. The van der Waals surface area contributed by atoms with E-state index in [9.17, 15) is 13.6 Å². The molecule has 0 unspecified atom stereocenters. The zero-order valence-corrected chi connectivity index (χ0v) is 11.5. The van der Waals surface area contributed by atoms with Gasteiger partial charge in [-0.1, -0.05) is 18.2 Å². The Hall–Kier alpha value is -1.53. The zero-order valence-electron chi connectivity index (χ0n) is 11.5. The molecule has 20 heavy (non-hydrogen) atoms. The Labute approximate surface area is 117 Å². The molecule has 1 aromatic rings. The van der Waals surface area contributed by atoms with E-state index in [1.54, 1.807) is 6.07 Å². The molecule has 0 radical (unpaired) electrons. The highest BCUT2D eigenvalue weighted by Crippen LogP contribution is 2.28. The summed E-state index contributed by atoms with van der Waals surface area (Å²) in [6.07, 6.45) is 0. The molecule has 0 aliphatic carbocycles. The van der Waals surface area contributed by atoms with Crippen LogP contribution in [0, 0.1) is 0 Å². The first-order valence-corrected chi connectivity index (χ1v) is 6.57. The number of hydrogen-bond donors (Lipinski definition) is 1. The number of nitrogens with two attached hydrogens (primary N) is 1. The van der Waals surface area contributed by atoms with E-state index < -0.39 is 11.8 Å². The molecule has 4 nitrogen and oxygen atoms in total. The van der Waals surface area contributed by atoms with E-state index >= 15 is 0 Å². The number of rotatable bonds is 4. The van der Waals surface area contributed by atoms with Gasteiger partial charge in [0.15, 0.2) is 0 Å². The Bertz CT molecular complexity index is 485. The number of hydrogen-bond acceptors (Lipinski definition) is 3. The van der Waals surface area contributed by atoms with Gasteiger partial charge in [-0.25, -0.2) is 0 Å². The fraction of sp³-hybridized carbons (Fsp3) is 0.500. The summed E-state index contributed by atoms with van der Waals surface area (Å²) < 4.78 is 27.2. The van der Waals surface area contributed by atoms with Crippen LogP contribution in [0.2, 0.25) is 0 Å². The quantitative estimate of drug-likeness (QED) is 0.897. The van der Waals surface area contributed by atoms with Crippen molar-refractivity contribution in [2.45, 2.75) is 12.5 Å². The smallest absolute Gasteiger partial charge is 0.349 e. The fourth-order valence-corrected chi connectivity index (χ4v) is 2.27. The lowest BCUT2D eigenvalue weighted by atomic mass is 10.0. The van der Waals surface area contributed by atoms with Crippen LogP contribution in [0.5, 0.6) is 0 Å². The third-order valence-corrected chi connectivity index (χ3v) is 3.60. The largest absolute Gasteiger partial charge is 0.364 e. The summed E-state index contributed by atoms with van der Waals surface area (Å²) in [6, 6.07) is 5.93. The molecule has 2 rings (SSSR count). The molecule has 1 aromatic carbocycles. The van der Waals surface area contributed by atoms with Crippen LogP contribution >= 0.6 is 0 Å². The second kappa shape index (κ2) is 5.85. The number of carbonyl (C=O) groups excluding carboxylic acids is 1. The van der Waals surface area contributed by atoms with E-state index in [0.717, 1.165) is 31.7 Å². The van der Waals surface area contributed by atoms with Gasteiger partial charge >= 0.3 is 5.92 Å². The molecule has 110 valence electrons. The van der Waals surface area contributed by atoms with E-state index in [1.165, 1.54) is 18.2 Å². The molecule has 1 saturated heterocycles. The lowest BCUT2D eigenvalue weighted by molar-refractivity contribution is -0.143. The summed E-state index contributed by atoms with van der Waals surface area (Å²) >= 11 is 0. The minimum atomic E-state index is -3.61. The van der Waals surface area contributed by atoms with Gasteiger partial charge in [0.05, 0.1) is 0 Å². The van der Waals surface area contributed by atoms with Gasteiger partial charge in [-0.05, 0) is 18.7 Å². The van der Waals surface area contributed by atoms with Crippen molar-refractivity contribution in [3.05, 3.63) is 35.4 Å². The zero-order chi connectivity index (χ0) is 14.8. The number of nitrogens with zero attached hydrogens (tertiary/aromatic N) is 2. The van der Waals surface area contributed by atoms with Crippen LogP contribution in [0.25, 0.3) is 0 Å². The highest BCUT2D eigenvalue weighted by molar-refractivity contribution is 5.83. The minimum absolute atomic E-state index is 0.336. The standard InChI is InChI=1S/C14H19F2N3O/c1-18-5-7-19(8-6-18)10-11-3-2-4-12(9-11)14(15,16)13(17)20/h2-4,9H,5-8,10H2,1H3,(H2,17,20). The van der Waals surface area contributed by atoms with E-state index in [2.05, 4.69) is 16.8 Å². The Morgan fingerprint density at radius 1 is 1.30 bits per heavy atom. The normalized spacial score (nSPS) is 18.1. The number of likely N-dealkylation sites (N-methyl/N-ethyl adjacent to an activating group) is 1. The summed E-state index contributed by atoms with van der Waals surface area (Å²) in [5, 5.41) is 0. The first-order valence-electron chi connectivity index (χ1n) is 6.57. The van der Waals surface area contributed by atoms with E-state index in [4.69, 9.17) is 5.73 Å². The Kier molecular flexibility index (Phi) is 4.35. The van der Waals surface area contributed by atoms with Gasteiger partial charge in [-0.3, -0.25) is 9.69 Å². The third kappa shape index (κ3) is 3.32. The van der Waals surface area contributed by atoms with E-state index in [1.807, 2.05) is 0 Å². The lowest BCUT2D eigenvalue weighted by Crippen LogP contribution is -2.43. The van der Waals surface area contributed by atoms with Crippen molar-refractivity contribution in [1.82, 2.24) is 9.80 Å². The number of amides is 1. The van der Waals surface area contributed by atoms with Gasteiger partial charge in [0, 0.05) is 38.3 Å². The van der Waals surface area contributed by atoms with Crippen LogP contribution in [-0.4, -0.2) is 48.9 Å². The Morgan fingerprint density at radius 2 is 1.95 bits per heavy atom. The average Bonchev–Trinajstić information content (AvgIpc) is 2.41. The van der Waals surface area contributed by atoms with Gasteiger partial charge in [-0.15, -0.1) is 0 Å². The molecular formula is C14H19F2N3O. The Morgan fingerprint density at radius 3 is 2.55 bits per heavy atom. The number of piperazine rings is 1. The fourth-order valence-electron chi connectivity index (χ4n) is 2.27. The molecule has 1 aliphatic heterocycles. The van der Waals surface area contributed by atoms with Crippen LogP contribution in [0.4, 0.5) is 8.78 Å². The minimum Gasteiger partial charge on any atom is -0.364 e. The second-order valence-electron chi connectivity index (χ2n) is 5.22. The molecule has 1 heterocycles. The Balaban J connectivity index is 2.08. The molecule has 0 bridgehead atoms. The number of alkyl halides is 2. The molecule has 0 saturated carbocycles. The van der Waals surface area contributed by atoms with Gasteiger partial charge in [0.1, 0.15) is 0 Å². The number of benzene rings is 1. The molecule has 1 fully saturated rings. The topological polar surface area (TPSA) is 49.6 Å². The summed E-state index contributed by atoms with van der Waals surface area (Å²) in [5.41, 5.74) is 5.18. The molecular weight excluding hydrogens is 264 g/mol. The van der Waals surface area contributed by atoms with Gasteiger partial charge in [-0.2, -0.15) is 8.78 Å². The van der Waals surface area contributed by atoms with E-state index in [0.29, 0.717) is 6.54 Å². The van der Waals surface area contributed by atoms with Crippen LogP contribution in [0.3, 0.4) is 0 Å². The number of carbonyl (C=O) groups is 1. The summed E-state index contributed by atoms with van der Waals surface area (Å²) in [6.45, 7) is 4.37. The first-order chi connectivity index (χ1) is 9.39. The molecule has 1 aliphatic rings. The van der Waals surface area contributed by atoms with Crippen LogP contribution < -0.4 is 5.73 Å². The summed E-state index contributed by atoms with van der Waals surface area (Å²) in [5.74, 6) is -5.23. The monoisotopic (exact) mass is 283 g/mol. The van der Waals surface area contributed by atoms with Crippen molar-refractivity contribution in [2.24, 2.45) is 5.73 Å². The van der Waals surface area contributed by atoms with Gasteiger partial charge in [0.25, 0.3) is 5.91 Å². The van der Waals surface area contributed by atoms with Crippen molar-refractivity contribution >= 4 is 5.91 Å². The predicted molar refractivity (Wildman–Crippen MR) is 72.3 cm³/mol. The van der Waals surface area contributed by atoms with E-state index in [-0.39, 0.29) is 5.56 Å². The summed E-state index contributed by atoms with van der Waals surface area (Å²) in [4.78, 5) is 15.3. The molecule has 6 heteroatoms. The van der Waals surface area contributed by atoms with Crippen LogP contribution in [0.15, 0.2) is 24.3 Å². The van der Waals surface area contributed by atoms with Crippen molar-refractivity contribution in [2.75, 3.05) is 33.2 Å². The highest BCUT2D eigenvalue weighted by Gasteiger charge is 2.38. The van der Waals surface area contributed by atoms with Crippen molar-refractivity contribution in [3.63, 3.8) is 0 Å². The van der Waals surface area contributed by atoms with Crippen LogP contribution in [0.1, 0.15) is 11.1 Å². The number of primary amides is 1. The maximum atomic E-state index is 13.6. The molecule has 0 aromatic heterocycles. The van der Waals surface area contributed by atoms with Crippen molar-refractivity contribution in [1.29, 1.82) is 0 Å². The second-order valence-corrected chi connectivity index (χ2v) is 5.22. The van der Waals surface area contributed by atoms with Crippen molar-refractivity contribution < 1.29 is 13.6 Å². The lowest BCUT2D eigenvalue weighted by Gasteiger charge is -2.32. The number of halogens is 2. The average molecular weight is 283 g/mol. The molecule has 1 amide bonds. The highest BCUT2D eigenvalue weighted by atomic mass is 19.3. The van der Waals surface area contributed by atoms with Gasteiger partial charge < -0.3 is 10.6 Å². The molecule has 2 N–H and O–H groups in total.